The molecule has 0 radical (unpaired) electrons. The first kappa shape index (κ1) is 8.97. The minimum absolute atomic E-state index is 0.0494. The first-order valence-corrected chi connectivity index (χ1v) is 3.71. The quantitative estimate of drug-likeness (QED) is 0.569. The molecule has 2 nitrogen and oxygen atoms in total. The Hall–Kier alpha value is -0.0300. The highest BCUT2D eigenvalue weighted by Crippen LogP contribution is 2.02. The van der Waals surface area contributed by atoms with Crippen LogP contribution in [-0.4, -0.2) is 20.9 Å². The first-order chi connectivity index (χ1) is 4.13. The molecule has 56 valence electrons. The van der Waals surface area contributed by atoms with Crippen LogP contribution in [0.1, 0.15) is 12.8 Å². The van der Waals surface area contributed by atoms with Crippen molar-refractivity contribution >= 4 is 11.1 Å². The highest BCUT2D eigenvalue weighted by Gasteiger charge is 1.99. The van der Waals surface area contributed by atoms with E-state index in [1.165, 1.54) is 0 Å². The summed E-state index contributed by atoms with van der Waals surface area (Å²) in [5, 5.41) is 0. The average Bonchev–Trinajstić information content (AvgIpc) is 1.63. The Morgan fingerprint density at radius 1 is 1.56 bits per heavy atom. The molecule has 1 unspecified atom stereocenters. The molecule has 0 heterocycles. The lowest BCUT2D eigenvalue weighted by molar-refractivity contribution is 0.137. The Morgan fingerprint density at radius 3 is 2.44 bits per heavy atom. The van der Waals surface area contributed by atoms with E-state index in [-0.39, 0.29) is 18.6 Å². The zero-order valence-corrected chi connectivity index (χ0v) is 5.50. The van der Waals surface area contributed by atoms with Crippen LogP contribution in [0.4, 0.5) is 8.78 Å². The van der Waals surface area contributed by atoms with Crippen LogP contribution in [0.5, 0.6) is 0 Å². The van der Waals surface area contributed by atoms with Crippen molar-refractivity contribution in [2.75, 3.05) is 5.75 Å². The van der Waals surface area contributed by atoms with E-state index in [1.807, 2.05) is 0 Å². The van der Waals surface area contributed by atoms with Gasteiger partial charge in [-0.1, -0.05) is 11.1 Å². The molecule has 1 atom stereocenters. The van der Waals surface area contributed by atoms with Crippen molar-refractivity contribution < 1.29 is 17.5 Å². The summed E-state index contributed by atoms with van der Waals surface area (Å²) in [6, 6.07) is 0. The molecule has 0 aromatic heterocycles. The highest BCUT2D eigenvalue weighted by molar-refractivity contribution is 7.79. The van der Waals surface area contributed by atoms with Gasteiger partial charge in [0.1, 0.15) is 0 Å². The number of rotatable bonds is 4. The summed E-state index contributed by atoms with van der Waals surface area (Å²) in [5.41, 5.74) is 0. The molecule has 0 spiro atoms. The van der Waals surface area contributed by atoms with Crippen molar-refractivity contribution in [3.05, 3.63) is 0 Å². The lowest BCUT2D eigenvalue weighted by atomic mass is 10.4. The monoisotopic (exact) mass is 157 g/mol. The van der Waals surface area contributed by atoms with Crippen molar-refractivity contribution in [1.29, 1.82) is 0 Å². The van der Waals surface area contributed by atoms with Crippen molar-refractivity contribution in [2.24, 2.45) is 0 Å². The molecule has 9 heavy (non-hydrogen) atoms. The van der Waals surface area contributed by atoms with Gasteiger partial charge in [0.05, 0.1) is 0 Å². The number of halogens is 2. The molecule has 0 aromatic rings. The third kappa shape index (κ3) is 7.97. The van der Waals surface area contributed by atoms with Gasteiger partial charge in [-0.15, -0.1) is 0 Å². The van der Waals surface area contributed by atoms with Gasteiger partial charge in [-0.3, -0.25) is 4.21 Å². The van der Waals surface area contributed by atoms with Gasteiger partial charge in [-0.2, -0.15) is 0 Å². The molecule has 0 fully saturated rings. The largest absolute Gasteiger partial charge is 0.772 e. The van der Waals surface area contributed by atoms with Crippen LogP contribution in [0.2, 0.25) is 0 Å². The standard InChI is InChI=1S/C4H8F2O2S/c5-4(6)2-1-3-9(7)8/h4H,1-3H2,(H,7,8)/p-1. The second-order valence-corrected chi connectivity index (χ2v) is 2.56. The maximum Gasteiger partial charge on any atom is 0.238 e. The van der Waals surface area contributed by atoms with Gasteiger partial charge in [0, 0.05) is 12.2 Å². The van der Waals surface area contributed by atoms with E-state index in [0.717, 1.165) is 0 Å². The van der Waals surface area contributed by atoms with Crippen LogP contribution in [0.25, 0.3) is 0 Å². The first-order valence-electron chi connectivity index (χ1n) is 2.47. The predicted octanol–water partition coefficient (Wildman–Crippen LogP) is 0.911. The number of hydrogen-bond donors (Lipinski definition) is 0. The highest BCUT2D eigenvalue weighted by atomic mass is 32.2. The number of alkyl halides is 2. The van der Waals surface area contributed by atoms with E-state index in [1.54, 1.807) is 0 Å². The molecule has 0 aliphatic carbocycles. The summed E-state index contributed by atoms with van der Waals surface area (Å²) in [7, 11) is 0. The molecular weight excluding hydrogens is 150 g/mol. The fourth-order valence-electron chi connectivity index (χ4n) is 0.355. The molecule has 0 N–H and O–H groups in total. The second kappa shape index (κ2) is 4.81. The zero-order valence-electron chi connectivity index (χ0n) is 4.68. The topological polar surface area (TPSA) is 40.1 Å². The smallest absolute Gasteiger partial charge is 0.238 e. The molecule has 0 aromatic carbocycles. The van der Waals surface area contributed by atoms with Gasteiger partial charge in [0.2, 0.25) is 6.43 Å². The zero-order chi connectivity index (χ0) is 7.28. The molecule has 5 heteroatoms. The summed E-state index contributed by atoms with van der Waals surface area (Å²) in [4.78, 5) is 0. The lowest BCUT2D eigenvalue weighted by Gasteiger charge is -2.02. The minimum Gasteiger partial charge on any atom is -0.772 e. The van der Waals surface area contributed by atoms with Crippen LogP contribution in [0, 0.1) is 0 Å². The summed E-state index contributed by atoms with van der Waals surface area (Å²) in [5.74, 6) is -0.162. The van der Waals surface area contributed by atoms with E-state index >= 15 is 0 Å². The fraction of sp³-hybridized carbons (Fsp3) is 1.00. The van der Waals surface area contributed by atoms with Crippen molar-refractivity contribution in [3.8, 4) is 0 Å². The van der Waals surface area contributed by atoms with Crippen molar-refractivity contribution in [1.82, 2.24) is 0 Å². The van der Waals surface area contributed by atoms with Gasteiger partial charge in [0.15, 0.2) is 0 Å². The molecular formula is C4H7F2O2S-. The van der Waals surface area contributed by atoms with Crippen LogP contribution in [0.3, 0.4) is 0 Å². The Kier molecular flexibility index (Phi) is 4.80. The second-order valence-electron chi connectivity index (χ2n) is 1.54. The van der Waals surface area contributed by atoms with Crippen LogP contribution < -0.4 is 0 Å². The Labute approximate surface area is 54.5 Å². The molecule has 0 saturated heterocycles. The Morgan fingerprint density at radius 2 is 2.11 bits per heavy atom. The third-order valence-electron chi connectivity index (χ3n) is 0.733. The minimum atomic E-state index is -2.38. The van der Waals surface area contributed by atoms with Crippen LogP contribution in [-0.2, 0) is 11.1 Å². The van der Waals surface area contributed by atoms with Gasteiger partial charge >= 0.3 is 0 Å². The molecule has 0 bridgehead atoms. The summed E-state index contributed by atoms with van der Waals surface area (Å²) in [6.07, 6.45) is -2.66. The Balaban J connectivity index is 3.01. The van der Waals surface area contributed by atoms with E-state index in [0.29, 0.717) is 0 Å². The number of hydrogen-bond acceptors (Lipinski definition) is 2. The molecule has 0 saturated carbocycles. The molecule has 0 rings (SSSR count). The van der Waals surface area contributed by atoms with Gasteiger partial charge < -0.3 is 4.55 Å². The summed E-state index contributed by atoms with van der Waals surface area (Å²) < 4.78 is 42.0. The average molecular weight is 157 g/mol. The predicted molar refractivity (Wildman–Crippen MR) is 29.0 cm³/mol. The van der Waals surface area contributed by atoms with Gasteiger partial charge in [-0.05, 0) is 6.42 Å². The van der Waals surface area contributed by atoms with Gasteiger partial charge in [0.25, 0.3) is 0 Å². The van der Waals surface area contributed by atoms with E-state index in [2.05, 4.69) is 0 Å². The van der Waals surface area contributed by atoms with Crippen molar-refractivity contribution in [3.63, 3.8) is 0 Å². The lowest BCUT2D eigenvalue weighted by Crippen LogP contribution is -1.98. The fourth-order valence-corrected chi connectivity index (χ4v) is 0.758. The molecule has 0 aliphatic rings. The molecule has 0 amide bonds. The SMILES string of the molecule is O=S([O-])CCCC(F)F. The summed E-state index contributed by atoms with van der Waals surface area (Å²) >= 11 is -2.17. The summed E-state index contributed by atoms with van der Waals surface area (Å²) in [6.45, 7) is 0. The maximum absolute atomic E-state index is 11.3. The third-order valence-corrected chi connectivity index (χ3v) is 1.36. The van der Waals surface area contributed by atoms with Crippen LogP contribution >= 0.6 is 0 Å². The van der Waals surface area contributed by atoms with Crippen LogP contribution in [0.15, 0.2) is 0 Å². The van der Waals surface area contributed by atoms with E-state index < -0.39 is 17.5 Å². The van der Waals surface area contributed by atoms with E-state index in [9.17, 15) is 17.5 Å². The maximum atomic E-state index is 11.3. The molecule has 0 aliphatic heterocycles. The van der Waals surface area contributed by atoms with Crippen molar-refractivity contribution in [2.45, 2.75) is 19.3 Å². The van der Waals surface area contributed by atoms with E-state index in [4.69, 9.17) is 0 Å². The Bertz CT molecular complexity index is 96.6. The van der Waals surface area contributed by atoms with Gasteiger partial charge in [-0.25, -0.2) is 8.78 Å². The normalized spacial score (nSPS) is 14.2.